The van der Waals surface area contributed by atoms with Crippen molar-refractivity contribution in [3.8, 4) is 22.6 Å². The monoisotopic (exact) mass is 269 g/mol. The van der Waals surface area contributed by atoms with Crippen molar-refractivity contribution >= 4 is 5.69 Å². The van der Waals surface area contributed by atoms with Gasteiger partial charge in [-0.25, -0.2) is 0 Å². The van der Waals surface area contributed by atoms with E-state index in [0.29, 0.717) is 11.1 Å². The number of rotatable bonds is 2. The molecule has 0 atom stereocenters. The maximum Gasteiger partial charge on any atom is 0.573 e. The zero-order valence-electron chi connectivity index (χ0n) is 9.61. The molecule has 0 spiro atoms. The molecule has 0 saturated heterocycles. The zero-order valence-corrected chi connectivity index (χ0v) is 9.61. The smallest absolute Gasteiger partial charge is 0.508 e. The van der Waals surface area contributed by atoms with Crippen LogP contribution >= 0.6 is 0 Å². The van der Waals surface area contributed by atoms with Crippen LogP contribution in [0.15, 0.2) is 42.5 Å². The molecule has 0 aromatic heterocycles. The SMILES string of the molecule is Nc1cc(O)ccc1-c1cccc(OC(F)(F)F)c1. The van der Waals surface area contributed by atoms with E-state index in [1.807, 2.05) is 0 Å². The van der Waals surface area contributed by atoms with E-state index in [1.54, 1.807) is 6.07 Å². The standard InChI is InChI=1S/C13H10F3NO2/c14-13(15,16)19-10-3-1-2-8(6-10)11-5-4-9(18)7-12(11)17/h1-7,18H,17H2. The molecule has 6 heteroatoms. The number of hydrogen-bond donors (Lipinski definition) is 2. The molecule has 0 aliphatic carbocycles. The van der Waals surface area contributed by atoms with Gasteiger partial charge in [-0.05, 0) is 29.8 Å². The molecule has 19 heavy (non-hydrogen) atoms. The van der Waals surface area contributed by atoms with Crippen LogP contribution in [-0.2, 0) is 0 Å². The number of aromatic hydroxyl groups is 1. The Bertz CT molecular complexity index is 597. The second-order valence-electron chi connectivity index (χ2n) is 3.85. The molecule has 0 radical (unpaired) electrons. The minimum atomic E-state index is -4.74. The van der Waals surface area contributed by atoms with Crippen LogP contribution in [-0.4, -0.2) is 11.5 Å². The largest absolute Gasteiger partial charge is 0.573 e. The van der Waals surface area contributed by atoms with Crippen molar-refractivity contribution in [1.29, 1.82) is 0 Å². The summed E-state index contributed by atoms with van der Waals surface area (Å²) in [6.07, 6.45) is -4.74. The molecule has 0 aliphatic rings. The molecule has 0 aliphatic heterocycles. The molecule has 3 nitrogen and oxygen atoms in total. The van der Waals surface area contributed by atoms with Gasteiger partial charge in [-0.3, -0.25) is 0 Å². The lowest BCUT2D eigenvalue weighted by Crippen LogP contribution is -2.17. The summed E-state index contributed by atoms with van der Waals surface area (Å²) in [6.45, 7) is 0. The van der Waals surface area contributed by atoms with Gasteiger partial charge in [-0.15, -0.1) is 13.2 Å². The van der Waals surface area contributed by atoms with Crippen molar-refractivity contribution < 1.29 is 23.0 Å². The molecule has 2 aromatic rings. The number of nitrogen functional groups attached to an aromatic ring is 1. The number of benzene rings is 2. The number of nitrogens with two attached hydrogens (primary N) is 1. The topological polar surface area (TPSA) is 55.5 Å². The van der Waals surface area contributed by atoms with Gasteiger partial charge < -0.3 is 15.6 Å². The number of alkyl halides is 3. The van der Waals surface area contributed by atoms with Crippen LogP contribution in [0.5, 0.6) is 11.5 Å². The van der Waals surface area contributed by atoms with Crippen LogP contribution in [0.2, 0.25) is 0 Å². The van der Waals surface area contributed by atoms with Crippen molar-refractivity contribution in [3.63, 3.8) is 0 Å². The fourth-order valence-electron chi connectivity index (χ4n) is 1.67. The Kier molecular flexibility index (Phi) is 3.25. The first-order chi connectivity index (χ1) is 8.85. The minimum Gasteiger partial charge on any atom is -0.508 e. The van der Waals surface area contributed by atoms with E-state index in [0.717, 1.165) is 0 Å². The second kappa shape index (κ2) is 4.72. The minimum absolute atomic E-state index is 0.0102. The van der Waals surface area contributed by atoms with Crippen molar-refractivity contribution in [2.24, 2.45) is 0 Å². The van der Waals surface area contributed by atoms with E-state index >= 15 is 0 Å². The van der Waals surface area contributed by atoms with E-state index < -0.39 is 6.36 Å². The van der Waals surface area contributed by atoms with Gasteiger partial charge in [0.25, 0.3) is 0 Å². The first-order valence-electron chi connectivity index (χ1n) is 5.30. The number of phenolic OH excluding ortho intramolecular Hbond substituents is 1. The highest BCUT2D eigenvalue weighted by molar-refractivity contribution is 5.78. The molecule has 2 rings (SSSR count). The molecule has 0 unspecified atom stereocenters. The Morgan fingerprint density at radius 1 is 1.05 bits per heavy atom. The lowest BCUT2D eigenvalue weighted by molar-refractivity contribution is -0.274. The Balaban J connectivity index is 2.38. The van der Waals surface area contributed by atoms with Crippen LogP contribution in [0.4, 0.5) is 18.9 Å². The van der Waals surface area contributed by atoms with E-state index in [4.69, 9.17) is 5.73 Å². The maximum atomic E-state index is 12.1. The molecule has 0 bridgehead atoms. The van der Waals surface area contributed by atoms with Crippen LogP contribution in [0.3, 0.4) is 0 Å². The molecule has 0 heterocycles. The van der Waals surface area contributed by atoms with Gasteiger partial charge in [-0.1, -0.05) is 12.1 Å². The number of hydrogen-bond acceptors (Lipinski definition) is 3. The highest BCUT2D eigenvalue weighted by atomic mass is 19.4. The maximum absolute atomic E-state index is 12.1. The fourth-order valence-corrected chi connectivity index (χ4v) is 1.67. The Hall–Kier alpha value is -2.37. The first kappa shape index (κ1) is 13.1. The summed E-state index contributed by atoms with van der Waals surface area (Å²) in [5, 5.41) is 9.24. The third-order valence-corrected chi connectivity index (χ3v) is 2.41. The third kappa shape index (κ3) is 3.31. The summed E-state index contributed by atoms with van der Waals surface area (Å²) in [7, 11) is 0. The van der Waals surface area contributed by atoms with E-state index in [9.17, 15) is 18.3 Å². The van der Waals surface area contributed by atoms with Crippen molar-refractivity contribution in [1.82, 2.24) is 0 Å². The number of ether oxygens (including phenoxy) is 1. The Labute approximate surface area is 107 Å². The predicted octanol–water partition coefficient (Wildman–Crippen LogP) is 3.54. The van der Waals surface area contributed by atoms with Crippen molar-refractivity contribution in [2.45, 2.75) is 6.36 Å². The molecule has 0 fully saturated rings. The summed E-state index contributed by atoms with van der Waals surface area (Å²) in [4.78, 5) is 0. The van der Waals surface area contributed by atoms with Crippen LogP contribution in [0, 0.1) is 0 Å². The molecular formula is C13H10F3NO2. The summed E-state index contributed by atoms with van der Waals surface area (Å²) in [5.74, 6) is -0.332. The normalized spacial score (nSPS) is 11.3. The molecule has 100 valence electrons. The number of anilines is 1. The molecule has 0 saturated carbocycles. The summed E-state index contributed by atoms with van der Waals surface area (Å²) < 4.78 is 40.2. The lowest BCUT2D eigenvalue weighted by atomic mass is 10.0. The van der Waals surface area contributed by atoms with Crippen LogP contribution < -0.4 is 10.5 Å². The summed E-state index contributed by atoms with van der Waals surface area (Å²) in [6, 6.07) is 9.73. The Morgan fingerprint density at radius 3 is 2.42 bits per heavy atom. The van der Waals surface area contributed by atoms with Crippen molar-refractivity contribution in [3.05, 3.63) is 42.5 Å². The van der Waals surface area contributed by atoms with Gasteiger partial charge in [0.2, 0.25) is 0 Å². The van der Waals surface area contributed by atoms with Gasteiger partial charge in [0, 0.05) is 17.3 Å². The van der Waals surface area contributed by atoms with Gasteiger partial charge in [0.15, 0.2) is 0 Å². The van der Waals surface area contributed by atoms with Crippen LogP contribution in [0.25, 0.3) is 11.1 Å². The van der Waals surface area contributed by atoms with E-state index in [1.165, 1.54) is 36.4 Å². The zero-order chi connectivity index (χ0) is 14.0. The Morgan fingerprint density at radius 2 is 1.79 bits per heavy atom. The van der Waals surface area contributed by atoms with Gasteiger partial charge >= 0.3 is 6.36 Å². The predicted molar refractivity (Wildman–Crippen MR) is 64.6 cm³/mol. The average Bonchev–Trinajstić information content (AvgIpc) is 2.26. The molecule has 2 aromatic carbocycles. The second-order valence-corrected chi connectivity index (χ2v) is 3.85. The fraction of sp³-hybridized carbons (Fsp3) is 0.0769. The third-order valence-electron chi connectivity index (χ3n) is 2.41. The summed E-state index contributed by atoms with van der Waals surface area (Å²) in [5.41, 5.74) is 6.97. The van der Waals surface area contributed by atoms with Gasteiger partial charge in [-0.2, -0.15) is 0 Å². The number of phenols is 1. The highest BCUT2D eigenvalue weighted by Crippen LogP contribution is 2.32. The van der Waals surface area contributed by atoms with Gasteiger partial charge in [0.1, 0.15) is 11.5 Å². The van der Waals surface area contributed by atoms with E-state index in [-0.39, 0.29) is 17.2 Å². The molecule has 0 amide bonds. The number of halogens is 3. The van der Waals surface area contributed by atoms with Crippen LogP contribution in [0.1, 0.15) is 0 Å². The average molecular weight is 269 g/mol. The van der Waals surface area contributed by atoms with Crippen molar-refractivity contribution in [2.75, 3.05) is 5.73 Å². The first-order valence-corrected chi connectivity index (χ1v) is 5.30. The molecular weight excluding hydrogens is 259 g/mol. The van der Waals surface area contributed by atoms with E-state index in [2.05, 4.69) is 4.74 Å². The lowest BCUT2D eigenvalue weighted by Gasteiger charge is -2.11. The quantitative estimate of drug-likeness (QED) is 0.820. The molecule has 3 N–H and O–H groups in total. The van der Waals surface area contributed by atoms with Gasteiger partial charge in [0.05, 0.1) is 0 Å². The summed E-state index contributed by atoms with van der Waals surface area (Å²) >= 11 is 0. The highest BCUT2D eigenvalue weighted by Gasteiger charge is 2.31.